The molecule has 0 aromatic carbocycles. The van der Waals surface area contributed by atoms with Crippen LogP contribution in [0.4, 0.5) is 0 Å². The quantitative estimate of drug-likeness (QED) is 0.851. The predicted octanol–water partition coefficient (Wildman–Crippen LogP) is 2.70. The summed E-state index contributed by atoms with van der Waals surface area (Å²) in [4.78, 5) is 7.36. The van der Waals surface area contributed by atoms with Gasteiger partial charge in [-0.1, -0.05) is 0 Å². The topological polar surface area (TPSA) is 38.5 Å². The van der Waals surface area contributed by atoms with E-state index < -0.39 is 0 Å². The lowest BCUT2D eigenvalue weighted by atomic mass is 10.00. The summed E-state index contributed by atoms with van der Waals surface area (Å²) < 4.78 is 11.6. The molecular weight excluding hydrogens is 252 g/mol. The molecule has 2 fully saturated rings. The molecule has 2 unspecified atom stereocenters. The van der Waals surface area contributed by atoms with Crippen molar-refractivity contribution in [2.24, 2.45) is 0 Å². The van der Waals surface area contributed by atoms with Crippen molar-refractivity contribution in [1.82, 2.24) is 9.88 Å². The minimum absolute atomic E-state index is 0.460. The fourth-order valence-corrected chi connectivity index (χ4v) is 4.30. The Hall–Kier alpha value is -0.870. The van der Waals surface area contributed by atoms with Crippen LogP contribution in [0, 0.1) is 0 Å². The van der Waals surface area contributed by atoms with E-state index in [0.717, 1.165) is 31.0 Å². The van der Waals surface area contributed by atoms with Crippen molar-refractivity contribution in [2.75, 3.05) is 7.11 Å². The third-order valence-electron chi connectivity index (χ3n) is 5.38. The highest BCUT2D eigenvalue weighted by Gasteiger charge is 2.41. The van der Waals surface area contributed by atoms with E-state index in [1.54, 1.807) is 0 Å². The molecule has 3 heterocycles. The van der Waals surface area contributed by atoms with Crippen LogP contribution in [0.5, 0.6) is 0 Å². The molecule has 110 valence electrons. The molecule has 0 amide bonds. The molecule has 1 aromatic heterocycles. The molecule has 3 aliphatic rings. The van der Waals surface area contributed by atoms with Gasteiger partial charge in [-0.2, -0.15) is 0 Å². The smallest absolute Gasteiger partial charge is 0.208 e. The molecule has 0 spiro atoms. The zero-order valence-electron chi connectivity index (χ0n) is 12.3. The largest absolute Gasteiger partial charge is 0.444 e. The number of ether oxygens (including phenoxy) is 1. The summed E-state index contributed by atoms with van der Waals surface area (Å²) >= 11 is 0. The number of hydrogen-bond acceptors (Lipinski definition) is 4. The number of fused-ring (bicyclic) bond motifs is 3. The van der Waals surface area contributed by atoms with Gasteiger partial charge >= 0.3 is 0 Å². The fraction of sp³-hybridized carbons (Fsp3) is 0.812. The summed E-state index contributed by atoms with van der Waals surface area (Å²) in [5, 5.41) is 0. The van der Waals surface area contributed by atoms with Crippen molar-refractivity contribution in [2.45, 2.75) is 76.1 Å². The van der Waals surface area contributed by atoms with Crippen molar-refractivity contribution in [1.29, 1.82) is 0 Å². The molecule has 0 N–H and O–H groups in total. The average molecular weight is 276 g/mol. The van der Waals surface area contributed by atoms with Crippen molar-refractivity contribution in [3.05, 3.63) is 17.3 Å². The first kappa shape index (κ1) is 12.8. The molecular formula is C16H24N2O2. The molecule has 0 saturated carbocycles. The summed E-state index contributed by atoms with van der Waals surface area (Å²) in [6.45, 7) is 0.902. The third-order valence-corrected chi connectivity index (χ3v) is 5.38. The van der Waals surface area contributed by atoms with Crippen molar-refractivity contribution < 1.29 is 9.15 Å². The Kier molecular flexibility index (Phi) is 3.31. The van der Waals surface area contributed by atoms with Gasteiger partial charge in [0, 0.05) is 25.6 Å². The highest BCUT2D eigenvalue weighted by atomic mass is 16.5. The summed E-state index contributed by atoms with van der Waals surface area (Å²) in [6, 6.07) is 1.34. The van der Waals surface area contributed by atoms with Gasteiger partial charge in [0.25, 0.3) is 0 Å². The van der Waals surface area contributed by atoms with E-state index in [2.05, 4.69) is 4.90 Å². The van der Waals surface area contributed by atoms with Crippen LogP contribution in [-0.4, -0.2) is 35.2 Å². The Morgan fingerprint density at radius 3 is 2.65 bits per heavy atom. The number of rotatable bonds is 3. The van der Waals surface area contributed by atoms with Crippen molar-refractivity contribution in [3.8, 4) is 0 Å². The molecule has 2 bridgehead atoms. The second-order valence-corrected chi connectivity index (χ2v) is 6.57. The number of oxazole rings is 1. The first-order chi connectivity index (χ1) is 9.83. The lowest BCUT2D eigenvalue weighted by Crippen LogP contribution is -2.44. The van der Waals surface area contributed by atoms with Gasteiger partial charge in [0.2, 0.25) is 5.89 Å². The maximum absolute atomic E-state index is 6.00. The molecule has 1 aliphatic carbocycles. The lowest BCUT2D eigenvalue weighted by Gasteiger charge is -2.37. The van der Waals surface area contributed by atoms with Gasteiger partial charge in [-0.15, -0.1) is 0 Å². The molecule has 4 heteroatoms. The van der Waals surface area contributed by atoms with Gasteiger partial charge in [-0.3, -0.25) is 4.90 Å². The lowest BCUT2D eigenvalue weighted by molar-refractivity contribution is -0.000572. The third kappa shape index (κ3) is 2.19. The molecule has 2 atom stereocenters. The zero-order chi connectivity index (χ0) is 13.5. The van der Waals surface area contributed by atoms with Crippen LogP contribution in [0.3, 0.4) is 0 Å². The molecule has 4 nitrogen and oxygen atoms in total. The van der Waals surface area contributed by atoms with E-state index in [0.29, 0.717) is 18.2 Å². The number of aryl methyl sites for hydroxylation is 2. The van der Waals surface area contributed by atoms with E-state index in [9.17, 15) is 0 Å². The SMILES string of the molecule is COC1CC2CCC(C1)N2Cc1nc2c(o1)CCCC2. The Morgan fingerprint density at radius 1 is 1.20 bits per heavy atom. The van der Waals surface area contributed by atoms with E-state index >= 15 is 0 Å². The first-order valence-corrected chi connectivity index (χ1v) is 8.09. The van der Waals surface area contributed by atoms with Crippen LogP contribution in [0.25, 0.3) is 0 Å². The van der Waals surface area contributed by atoms with E-state index in [1.807, 2.05) is 7.11 Å². The number of nitrogens with zero attached hydrogens (tertiary/aromatic N) is 2. The van der Waals surface area contributed by atoms with Crippen LogP contribution in [-0.2, 0) is 24.1 Å². The Labute approximate surface area is 120 Å². The summed E-state index contributed by atoms with van der Waals surface area (Å²) in [7, 11) is 1.85. The number of aromatic nitrogens is 1. The first-order valence-electron chi connectivity index (χ1n) is 8.09. The van der Waals surface area contributed by atoms with Crippen LogP contribution < -0.4 is 0 Å². The van der Waals surface area contributed by atoms with Crippen LogP contribution in [0.1, 0.15) is 55.9 Å². The maximum Gasteiger partial charge on any atom is 0.208 e. The minimum atomic E-state index is 0.460. The highest BCUT2D eigenvalue weighted by Crippen LogP contribution is 2.38. The van der Waals surface area contributed by atoms with Crippen LogP contribution >= 0.6 is 0 Å². The monoisotopic (exact) mass is 276 g/mol. The molecule has 0 radical (unpaired) electrons. The molecule has 2 aliphatic heterocycles. The Morgan fingerprint density at radius 2 is 1.95 bits per heavy atom. The molecule has 4 rings (SSSR count). The Balaban J connectivity index is 1.48. The molecule has 1 aromatic rings. The fourth-order valence-electron chi connectivity index (χ4n) is 4.30. The van der Waals surface area contributed by atoms with E-state index in [-0.39, 0.29) is 0 Å². The second kappa shape index (κ2) is 5.15. The summed E-state index contributed by atoms with van der Waals surface area (Å²) in [6.07, 6.45) is 10.1. The summed E-state index contributed by atoms with van der Waals surface area (Å²) in [5.41, 5.74) is 1.23. The average Bonchev–Trinajstić information content (AvgIpc) is 2.96. The van der Waals surface area contributed by atoms with Crippen molar-refractivity contribution in [3.63, 3.8) is 0 Å². The van der Waals surface area contributed by atoms with Crippen LogP contribution in [0.15, 0.2) is 4.42 Å². The second-order valence-electron chi connectivity index (χ2n) is 6.57. The minimum Gasteiger partial charge on any atom is -0.444 e. The Bertz CT molecular complexity index is 447. The van der Waals surface area contributed by atoms with E-state index in [4.69, 9.17) is 14.1 Å². The zero-order valence-corrected chi connectivity index (χ0v) is 12.3. The van der Waals surface area contributed by atoms with Gasteiger partial charge in [0.05, 0.1) is 18.3 Å². The maximum atomic E-state index is 6.00. The van der Waals surface area contributed by atoms with Gasteiger partial charge in [0.15, 0.2) is 0 Å². The normalized spacial score (nSPS) is 33.4. The van der Waals surface area contributed by atoms with Gasteiger partial charge in [-0.25, -0.2) is 4.98 Å². The number of hydrogen-bond donors (Lipinski definition) is 0. The van der Waals surface area contributed by atoms with Gasteiger partial charge in [0.1, 0.15) is 5.76 Å². The molecule has 20 heavy (non-hydrogen) atoms. The highest BCUT2D eigenvalue weighted by molar-refractivity contribution is 5.13. The summed E-state index contributed by atoms with van der Waals surface area (Å²) in [5.74, 6) is 2.11. The standard InChI is InChI=1S/C16H24N2O2/c1-19-13-8-11-6-7-12(9-13)18(11)10-16-17-14-4-2-3-5-15(14)20-16/h11-13H,2-10H2,1H3. The number of methoxy groups -OCH3 is 1. The van der Waals surface area contributed by atoms with Crippen molar-refractivity contribution >= 4 is 0 Å². The van der Waals surface area contributed by atoms with Crippen LogP contribution in [0.2, 0.25) is 0 Å². The van der Waals surface area contributed by atoms with Gasteiger partial charge in [-0.05, 0) is 44.9 Å². The van der Waals surface area contributed by atoms with Gasteiger partial charge < -0.3 is 9.15 Å². The van der Waals surface area contributed by atoms with E-state index in [1.165, 1.54) is 44.2 Å². The predicted molar refractivity (Wildman–Crippen MR) is 75.5 cm³/mol. The number of piperidine rings is 1. The molecule has 2 saturated heterocycles.